The molecule has 1 fully saturated rings. The Kier molecular flexibility index (Phi) is 5.47. The van der Waals surface area contributed by atoms with E-state index in [9.17, 15) is 0 Å². The Bertz CT molecular complexity index is 1520. The molecule has 2 aromatic carbocycles. The van der Waals surface area contributed by atoms with E-state index in [-0.39, 0.29) is 5.95 Å². The van der Waals surface area contributed by atoms with Crippen LogP contribution in [0.4, 0.5) is 17.5 Å². The third kappa shape index (κ3) is 3.94. The maximum atomic E-state index is 6.28. The van der Waals surface area contributed by atoms with Gasteiger partial charge in [0.25, 0.3) is 0 Å². The first kappa shape index (κ1) is 21.8. The van der Waals surface area contributed by atoms with Crippen LogP contribution in [0.3, 0.4) is 0 Å². The average Bonchev–Trinajstić information content (AvgIpc) is 3.28. The van der Waals surface area contributed by atoms with Crippen LogP contribution < -0.4 is 16.4 Å². The van der Waals surface area contributed by atoms with Crippen LogP contribution in [0, 0.1) is 0 Å². The van der Waals surface area contributed by atoms with E-state index in [1.807, 2.05) is 24.4 Å². The van der Waals surface area contributed by atoms with E-state index >= 15 is 0 Å². The lowest BCUT2D eigenvalue weighted by Gasteiger charge is -2.35. The van der Waals surface area contributed by atoms with Gasteiger partial charge in [0.05, 0.1) is 15.7 Å². The van der Waals surface area contributed by atoms with Crippen LogP contribution in [0.1, 0.15) is 6.92 Å². The molecule has 0 saturated carbocycles. The van der Waals surface area contributed by atoms with Crippen molar-refractivity contribution >= 4 is 49.9 Å². The number of hydrogen-bond acceptors (Lipinski definition) is 8. The number of likely N-dealkylation sites (N-methyl/N-ethyl adjacent to an activating group) is 1. The first-order valence-electron chi connectivity index (χ1n) is 11.9. The molecular formula is C27H27N7S. The molecule has 0 aliphatic carbocycles. The van der Waals surface area contributed by atoms with Gasteiger partial charge in [-0.05, 0) is 36.4 Å². The molecule has 4 heterocycles. The minimum Gasteiger partial charge on any atom is -0.382 e. The molecule has 1 aliphatic rings. The van der Waals surface area contributed by atoms with Crippen LogP contribution in [-0.2, 0) is 0 Å². The van der Waals surface area contributed by atoms with E-state index in [0.717, 1.165) is 75.4 Å². The average molecular weight is 482 g/mol. The van der Waals surface area contributed by atoms with Crippen LogP contribution in [0.25, 0.3) is 42.7 Å². The van der Waals surface area contributed by atoms with Gasteiger partial charge in [-0.1, -0.05) is 37.3 Å². The van der Waals surface area contributed by atoms with Gasteiger partial charge in [0.2, 0.25) is 5.95 Å². The van der Waals surface area contributed by atoms with E-state index in [2.05, 4.69) is 63.1 Å². The third-order valence-corrected chi connectivity index (χ3v) is 8.02. The van der Waals surface area contributed by atoms with Crippen molar-refractivity contribution in [1.29, 1.82) is 0 Å². The summed E-state index contributed by atoms with van der Waals surface area (Å²) in [5.41, 5.74) is 18.4. The van der Waals surface area contributed by atoms with E-state index < -0.39 is 0 Å². The highest BCUT2D eigenvalue weighted by molar-refractivity contribution is 7.23. The summed E-state index contributed by atoms with van der Waals surface area (Å²) >= 11 is 1.60. The normalized spacial score (nSPS) is 14.7. The molecule has 0 radical (unpaired) electrons. The topological polar surface area (TPSA) is 97.2 Å². The lowest BCUT2D eigenvalue weighted by atomic mass is 10.0. The van der Waals surface area contributed by atoms with Crippen LogP contribution >= 0.6 is 11.3 Å². The van der Waals surface area contributed by atoms with Crippen molar-refractivity contribution in [3.8, 4) is 21.6 Å². The third-order valence-electron chi connectivity index (χ3n) is 6.77. The second-order valence-electron chi connectivity index (χ2n) is 8.84. The molecule has 7 nitrogen and oxygen atoms in total. The van der Waals surface area contributed by atoms with Crippen molar-refractivity contribution in [2.45, 2.75) is 6.92 Å². The minimum atomic E-state index is 0.177. The Balaban J connectivity index is 1.46. The Hall–Kier alpha value is -3.75. The number of pyridine rings is 1. The number of thiophene rings is 1. The van der Waals surface area contributed by atoms with Crippen molar-refractivity contribution in [3.05, 3.63) is 60.8 Å². The molecule has 5 aromatic rings. The second kappa shape index (κ2) is 8.79. The molecule has 0 bridgehead atoms. The van der Waals surface area contributed by atoms with Gasteiger partial charge in [0.1, 0.15) is 5.82 Å². The molecular weight excluding hydrogens is 454 g/mol. The van der Waals surface area contributed by atoms with Gasteiger partial charge in [-0.2, -0.15) is 4.98 Å². The molecule has 0 spiro atoms. The summed E-state index contributed by atoms with van der Waals surface area (Å²) in [6.45, 7) is 7.65. The van der Waals surface area contributed by atoms with Gasteiger partial charge in [0.15, 0.2) is 0 Å². The monoisotopic (exact) mass is 481 g/mol. The maximum Gasteiger partial charge on any atom is 0.222 e. The molecule has 1 aliphatic heterocycles. The van der Waals surface area contributed by atoms with Crippen LogP contribution in [0.5, 0.6) is 0 Å². The fraction of sp³-hybridized carbons (Fsp3) is 0.222. The van der Waals surface area contributed by atoms with Gasteiger partial charge in [-0.15, -0.1) is 11.3 Å². The van der Waals surface area contributed by atoms with E-state index in [1.54, 1.807) is 11.3 Å². The van der Waals surface area contributed by atoms with Gasteiger partial charge in [-0.25, -0.2) is 4.98 Å². The van der Waals surface area contributed by atoms with E-state index in [1.165, 1.54) is 5.69 Å². The number of anilines is 3. The lowest BCUT2D eigenvalue weighted by Crippen LogP contribution is -2.46. The number of benzene rings is 2. The smallest absolute Gasteiger partial charge is 0.222 e. The summed E-state index contributed by atoms with van der Waals surface area (Å²) in [7, 11) is 0. The quantitative estimate of drug-likeness (QED) is 0.378. The lowest BCUT2D eigenvalue weighted by molar-refractivity contribution is 0.271. The van der Waals surface area contributed by atoms with Crippen LogP contribution in [-0.4, -0.2) is 52.6 Å². The SMILES string of the molecule is CCN1CCN(c2ccc(-c3sc4c(N)nc(N)nc4c3-c3cnc4ccccc4c3)cc2)CC1. The fourth-order valence-corrected chi connectivity index (χ4v) is 6.01. The summed E-state index contributed by atoms with van der Waals surface area (Å²) in [6, 6.07) is 19.1. The molecule has 176 valence electrons. The van der Waals surface area contributed by atoms with Crippen LogP contribution in [0.2, 0.25) is 0 Å². The highest BCUT2D eigenvalue weighted by Gasteiger charge is 2.21. The number of aromatic nitrogens is 3. The molecule has 8 heteroatoms. The van der Waals surface area contributed by atoms with Crippen molar-refractivity contribution < 1.29 is 0 Å². The van der Waals surface area contributed by atoms with Crippen molar-refractivity contribution in [2.75, 3.05) is 49.1 Å². The van der Waals surface area contributed by atoms with Gasteiger partial charge in [-0.3, -0.25) is 4.98 Å². The van der Waals surface area contributed by atoms with E-state index in [4.69, 9.17) is 16.5 Å². The van der Waals surface area contributed by atoms with Crippen LogP contribution in [0.15, 0.2) is 60.8 Å². The van der Waals surface area contributed by atoms with Gasteiger partial charge < -0.3 is 21.3 Å². The summed E-state index contributed by atoms with van der Waals surface area (Å²) in [6.07, 6.45) is 1.91. The highest BCUT2D eigenvalue weighted by Crippen LogP contribution is 2.46. The van der Waals surface area contributed by atoms with Gasteiger partial charge >= 0.3 is 0 Å². The Morgan fingerprint density at radius 1 is 0.914 bits per heavy atom. The zero-order valence-electron chi connectivity index (χ0n) is 19.6. The summed E-state index contributed by atoms with van der Waals surface area (Å²) in [4.78, 5) is 19.5. The standard InChI is InChI=1S/C27H27N7S/c1-2-33-11-13-34(14-12-33)20-9-7-17(8-10-20)24-22(23-25(35-24)26(28)32-27(29)31-23)19-15-18-5-3-4-6-21(18)30-16-19/h3-10,15-16H,2,11-14H2,1H3,(H4,28,29,31,32). The zero-order chi connectivity index (χ0) is 23.9. The number of fused-ring (bicyclic) bond motifs is 2. The number of para-hydroxylation sites is 1. The molecule has 6 rings (SSSR count). The largest absolute Gasteiger partial charge is 0.382 e. The van der Waals surface area contributed by atoms with E-state index in [0.29, 0.717) is 5.82 Å². The molecule has 35 heavy (non-hydrogen) atoms. The summed E-state index contributed by atoms with van der Waals surface area (Å²) < 4.78 is 0.845. The highest BCUT2D eigenvalue weighted by atomic mass is 32.1. The molecule has 4 N–H and O–H groups in total. The zero-order valence-corrected chi connectivity index (χ0v) is 20.4. The molecule has 0 amide bonds. The molecule has 0 atom stereocenters. The van der Waals surface area contributed by atoms with Gasteiger partial charge in [0, 0.05) is 59.5 Å². The number of nitrogen functional groups attached to an aromatic ring is 2. The number of nitrogens with two attached hydrogens (primary N) is 2. The predicted octanol–water partition coefficient (Wildman–Crippen LogP) is 4.88. The molecule has 1 saturated heterocycles. The van der Waals surface area contributed by atoms with Crippen molar-refractivity contribution in [2.24, 2.45) is 0 Å². The Morgan fingerprint density at radius 2 is 1.69 bits per heavy atom. The minimum absolute atomic E-state index is 0.177. The number of piperazine rings is 1. The summed E-state index contributed by atoms with van der Waals surface area (Å²) in [5.74, 6) is 0.583. The number of hydrogen-bond donors (Lipinski definition) is 2. The second-order valence-corrected chi connectivity index (χ2v) is 9.86. The number of rotatable bonds is 4. The molecule has 3 aromatic heterocycles. The first-order chi connectivity index (χ1) is 17.1. The molecule has 0 unspecified atom stereocenters. The Morgan fingerprint density at radius 3 is 2.46 bits per heavy atom. The maximum absolute atomic E-state index is 6.28. The van der Waals surface area contributed by atoms with Crippen molar-refractivity contribution in [3.63, 3.8) is 0 Å². The first-order valence-corrected chi connectivity index (χ1v) is 12.7. The fourth-order valence-electron chi connectivity index (χ4n) is 4.84. The summed E-state index contributed by atoms with van der Waals surface area (Å²) in [5, 5.41) is 1.08. The van der Waals surface area contributed by atoms with Crippen molar-refractivity contribution in [1.82, 2.24) is 19.9 Å². The predicted molar refractivity (Wildman–Crippen MR) is 147 cm³/mol. The number of nitrogens with zero attached hydrogens (tertiary/aromatic N) is 5. The Labute approximate surface area is 208 Å².